The quantitative estimate of drug-likeness (QED) is 0.191. The second-order valence-electron chi connectivity index (χ2n) is 11.5. The molecule has 15 heteroatoms. The number of nitrogens with one attached hydrogen (secondary N) is 1. The van der Waals surface area contributed by atoms with Crippen LogP contribution in [0.15, 0.2) is 71.5 Å². The first-order valence-electron chi connectivity index (χ1n) is 14.4. The number of rotatable bonds is 9. The molecule has 2 atom stereocenters. The molecule has 0 saturated carbocycles. The van der Waals surface area contributed by atoms with Crippen LogP contribution in [0.3, 0.4) is 0 Å². The fraction of sp³-hybridized carbons (Fsp3) is 0.242. The summed E-state index contributed by atoms with van der Waals surface area (Å²) in [6, 6.07) is 11.5. The number of alkyl halides is 3. The molecule has 48 heavy (non-hydrogen) atoms. The molecule has 0 fully saturated rings. The smallest absolute Gasteiger partial charge is 0.424 e. The number of halogens is 4. The first kappa shape index (κ1) is 32.4. The molecule has 0 aliphatic carbocycles. The lowest BCUT2D eigenvalue weighted by Gasteiger charge is -2.31. The van der Waals surface area contributed by atoms with E-state index in [9.17, 15) is 32.3 Å². The first-order valence-corrected chi connectivity index (χ1v) is 14.4. The van der Waals surface area contributed by atoms with E-state index in [0.29, 0.717) is 22.5 Å². The van der Waals surface area contributed by atoms with Crippen LogP contribution in [0.1, 0.15) is 40.1 Å². The topological polar surface area (TPSA) is 163 Å². The largest absolute Gasteiger partial charge is 0.489 e. The number of ether oxygens (including phenoxy) is 2. The average molecular weight is 666 g/mol. The van der Waals surface area contributed by atoms with Gasteiger partial charge in [-0.1, -0.05) is 6.07 Å². The van der Waals surface area contributed by atoms with Crippen LogP contribution < -0.4 is 20.5 Å². The van der Waals surface area contributed by atoms with Crippen LogP contribution in [0.4, 0.5) is 17.6 Å². The Labute approximate surface area is 269 Å². The van der Waals surface area contributed by atoms with Crippen molar-refractivity contribution in [2.24, 2.45) is 5.73 Å². The molecule has 2 amide bonds. The number of fused-ring (bicyclic) bond motifs is 2. The minimum Gasteiger partial charge on any atom is -0.489 e. The third kappa shape index (κ3) is 5.76. The number of hydrogen-bond donors (Lipinski definition) is 3. The Kier molecular flexibility index (Phi) is 8.03. The van der Waals surface area contributed by atoms with Crippen molar-refractivity contribution in [3.8, 4) is 22.8 Å². The van der Waals surface area contributed by atoms with Gasteiger partial charge in [0.1, 0.15) is 59.1 Å². The molecule has 11 nitrogen and oxygen atoms in total. The Morgan fingerprint density at radius 3 is 2.54 bits per heavy atom. The number of aromatic nitrogens is 3. The standard InChI is InChI=1S/C33H27F4N5O6/c1-17-41-22(13-46-17)14-47-24-11-20(10-19-4-3-9-39-26(19)24)29(43)40-15-32(45,33(35,36)37)25-12-23-28(48-16-31(23,2)30(38)44)27(42-25)18-5-7-21(34)8-6-18/h3-13,45H,14-16H2,1-2H3,(H2,38,44)(H,40,43)/t31-,32-/m0/s1. The van der Waals surface area contributed by atoms with Gasteiger partial charge in [0.2, 0.25) is 11.5 Å². The summed E-state index contributed by atoms with van der Waals surface area (Å²) in [5.41, 5.74) is -0.0180. The Hall–Kier alpha value is -5.57. The van der Waals surface area contributed by atoms with Gasteiger partial charge in [-0.05, 0) is 55.5 Å². The van der Waals surface area contributed by atoms with Gasteiger partial charge in [0.25, 0.3) is 5.91 Å². The summed E-state index contributed by atoms with van der Waals surface area (Å²) in [4.78, 5) is 38.4. The van der Waals surface area contributed by atoms with E-state index in [-0.39, 0.29) is 47.1 Å². The van der Waals surface area contributed by atoms with Gasteiger partial charge >= 0.3 is 6.18 Å². The molecular weight excluding hydrogens is 638 g/mol. The lowest BCUT2D eigenvalue weighted by molar-refractivity contribution is -0.265. The predicted octanol–water partition coefficient (Wildman–Crippen LogP) is 4.63. The van der Waals surface area contributed by atoms with Crippen molar-refractivity contribution >= 4 is 22.7 Å². The molecule has 0 spiro atoms. The summed E-state index contributed by atoms with van der Waals surface area (Å²) >= 11 is 0. The van der Waals surface area contributed by atoms with E-state index in [4.69, 9.17) is 19.6 Å². The maximum Gasteiger partial charge on any atom is 0.424 e. The third-order valence-electron chi connectivity index (χ3n) is 8.11. The van der Waals surface area contributed by atoms with E-state index in [0.717, 1.165) is 18.2 Å². The molecular formula is C33H27F4N5O6. The van der Waals surface area contributed by atoms with Crippen molar-refractivity contribution in [3.63, 3.8) is 0 Å². The number of pyridine rings is 2. The predicted molar refractivity (Wildman–Crippen MR) is 161 cm³/mol. The second kappa shape index (κ2) is 11.9. The van der Waals surface area contributed by atoms with Crippen LogP contribution in [-0.4, -0.2) is 51.2 Å². The molecule has 248 valence electrons. The highest BCUT2D eigenvalue weighted by atomic mass is 19.4. The van der Waals surface area contributed by atoms with Crippen LogP contribution >= 0.6 is 0 Å². The van der Waals surface area contributed by atoms with Crippen molar-refractivity contribution in [3.05, 3.63) is 101 Å². The van der Waals surface area contributed by atoms with E-state index in [1.807, 2.05) is 0 Å². The van der Waals surface area contributed by atoms with Gasteiger partial charge in [-0.25, -0.2) is 14.4 Å². The molecule has 4 N–H and O–H groups in total. The fourth-order valence-corrected chi connectivity index (χ4v) is 5.28. The number of carbonyl (C=O) groups excluding carboxylic acids is 2. The summed E-state index contributed by atoms with van der Waals surface area (Å²) in [6.45, 7) is 1.30. The molecule has 5 aromatic rings. The minimum atomic E-state index is -5.39. The maximum atomic E-state index is 14.8. The third-order valence-corrected chi connectivity index (χ3v) is 8.11. The van der Waals surface area contributed by atoms with Gasteiger partial charge in [-0.2, -0.15) is 13.2 Å². The lowest BCUT2D eigenvalue weighted by atomic mass is 9.81. The number of benzene rings is 2. The zero-order valence-corrected chi connectivity index (χ0v) is 25.4. The molecule has 6 rings (SSSR count). The number of primary amides is 1. The number of aliphatic hydroxyl groups is 1. The molecule has 1 aliphatic heterocycles. The molecule has 0 unspecified atom stereocenters. The molecule has 0 radical (unpaired) electrons. The van der Waals surface area contributed by atoms with Crippen molar-refractivity contribution < 1.29 is 46.1 Å². The number of carbonyl (C=O) groups is 2. The van der Waals surface area contributed by atoms with Crippen LogP contribution in [0.25, 0.3) is 22.2 Å². The molecule has 3 aromatic heterocycles. The SMILES string of the molecule is Cc1nc(COc2cc(C(=O)NC[C@](O)(c3cc4c(c(-c5ccc(F)cc5)n3)OC[C@]4(C)C(N)=O)C(F)(F)F)cc3cccnc23)co1. The fourth-order valence-electron chi connectivity index (χ4n) is 5.28. The Balaban J connectivity index is 1.37. The summed E-state index contributed by atoms with van der Waals surface area (Å²) < 4.78 is 74.9. The van der Waals surface area contributed by atoms with Crippen LogP contribution in [-0.2, 0) is 22.4 Å². The first-order chi connectivity index (χ1) is 22.7. The number of hydrogen-bond acceptors (Lipinski definition) is 9. The molecule has 2 aromatic carbocycles. The van der Waals surface area contributed by atoms with Crippen LogP contribution in [0.2, 0.25) is 0 Å². The van der Waals surface area contributed by atoms with E-state index in [1.165, 1.54) is 43.6 Å². The summed E-state index contributed by atoms with van der Waals surface area (Å²) in [6.07, 6.45) is -2.48. The highest BCUT2D eigenvalue weighted by Gasteiger charge is 2.57. The molecule has 0 bridgehead atoms. The van der Waals surface area contributed by atoms with Gasteiger partial charge in [0.05, 0.1) is 12.2 Å². The maximum absolute atomic E-state index is 14.8. The number of amides is 2. The number of aryl methyl sites for hydroxylation is 1. The second-order valence-corrected chi connectivity index (χ2v) is 11.5. The zero-order valence-electron chi connectivity index (χ0n) is 25.4. The van der Waals surface area contributed by atoms with Gasteiger partial charge in [-0.15, -0.1) is 0 Å². The Morgan fingerprint density at radius 2 is 1.88 bits per heavy atom. The zero-order chi connectivity index (χ0) is 34.4. The minimum absolute atomic E-state index is 0.0432. The average Bonchev–Trinajstić information content (AvgIpc) is 3.64. The van der Waals surface area contributed by atoms with Gasteiger partial charge in [-0.3, -0.25) is 14.6 Å². The number of nitrogens with zero attached hydrogens (tertiary/aromatic N) is 3. The van der Waals surface area contributed by atoms with Crippen molar-refractivity contribution in [2.75, 3.05) is 13.2 Å². The molecule has 4 heterocycles. The Bertz CT molecular complexity index is 2050. The monoisotopic (exact) mass is 665 g/mol. The van der Waals surface area contributed by atoms with Crippen molar-refractivity contribution in [2.45, 2.75) is 37.6 Å². The molecule has 1 aliphatic rings. The summed E-state index contributed by atoms with van der Waals surface area (Å²) in [7, 11) is 0. The summed E-state index contributed by atoms with van der Waals surface area (Å²) in [5, 5.41) is 14.0. The van der Waals surface area contributed by atoms with Gasteiger partial charge in [0.15, 0.2) is 5.89 Å². The highest BCUT2D eigenvalue weighted by molar-refractivity contribution is 6.00. The van der Waals surface area contributed by atoms with E-state index in [2.05, 4.69) is 20.3 Å². The van der Waals surface area contributed by atoms with Crippen molar-refractivity contribution in [1.29, 1.82) is 0 Å². The van der Waals surface area contributed by atoms with Crippen LogP contribution in [0, 0.1) is 12.7 Å². The molecule has 0 saturated heterocycles. The highest BCUT2D eigenvalue weighted by Crippen LogP contribution is 2.47. The summed E-state index contributed by atoms with van der Waals surface area (Å²) in [5.74, 6) is -1.96. The van der Waals surface area contributed by atoms with Crippen LogP contribution in [0.5, 0.6) is 11.5 Å². The van der Waals surface area contributed by atoms with Crippen molar-refractivity contribution in [1.82, 2.24) is 20.3 Å². The number of oxazole rings is 1. The van der Waals surface area contributed by atoms with Gasteiger partial charge in [0, 0.05) is 35.2 Å². The normalized spacial score (nSPS) is 17.0. The van der Waals surface area contributed by atoms with E-state index in [1.54, 1.807) is 19.1 Å². The Morgan fingerprint density at radius 1 is 1.12 bits per heavy atom. The van der Waals surface area contributed by atoms with Gasteiger partial charge < -0.3 is 30.0 Å². The van der Waals surface area contributed by atoms with E-state index >= 15 is 0 Å². The number of nitrogens with two attached hydrogens (primary N) is 1. The lowest BCUT2D eigenvalue weighted by Crippen LogP contribution is -2.51. The van der Waals surface area contributed by atoms with E-state index < -0.39 is 47.1 Å².